The summed E-state index contributed by atoms with van der Waals surface area (Å²) in [6.45, 7) is 5.65. The standard InChI is InChI=1S/C20H23ClFN3O/c21-17-14-15(4-5-18(17)22)24-11-8-23(9-12-24)10-13-25-7-6-16-19(25)2-1-3-20(16)26/h4-7,14H,1-3,8-13H2. The number of Topliss-reactive ketones (excluding diaryl/α,β-unsaturated/α-hetero) is 1. The number of fused-ring (bicyclic) bond motifs is 1. The van der Waals surface area contributed by atoms with Gasteiger partial charge in [0.2, 0.25) is 0 Å². The Balaban J connectivity index is 1.32. The van der Waals surface area contributed by atoms with E-state index in [9.17, 15) is 9.18 Å². The summed E-state index contributed by atoms with van der Waals surface area (Å²) in [5.41, 5.74) is 3.11. The van der Waals surface area contributed by atoms with E-state index in [1.807, 2.05) is 6.07 Å². The number of piperazine rings is 1. The summed E-state index contributed by atoms with van der Waals surface area (Å²) in [5, 5.41) is 0.178. The molecule has 1 aliphatic carbocycles. The van der Waals surface area contributed by atoms with E-state index in [-0.39, 0.29) is 16.6 Å². The summed E-state index contributed by atoms with van der Waals surface area (Å²) in [5.74, 6) is -0.0841. The van der Waals surface area contributed by atoms with Crippen LogP contribution >= 0.6 is 11.6 Å². The summed E-state index contributed by atoms with van der Waals surface area (Å²) in [4.78, 5) is 16.6. The molecule has 1 fully saturated rings. The summed E-state index contributed by atoms with van der Waals surface area (Å²) >= 11 is 5.90. The minimum absolute atomic E-state index is 0.178. The SMILES string of the molecule is O=C1CCCc2c1ccn2CCN1CCN(c2ccc(F)c(Cl)c2)CC1. The lowest BCUT2D eigenvalue weighted by atomic mass is 9.97. The van der Waals surface area contributed by atoms with Crippen LogP contribution in [0.4, 0.5) is 10.1 Å². The van der Waals surface area contributed by atoms with E-state index in [1.165, 1.54) is 11.8 Å². The molecule has 0 radical (unpaired) electrons. The second-order valence-electron chi connectivity index (χ2n) is 7.07. The Morgan fingerprint density at radius 3 is 2.62 bits per heavy atom. The van der Waals surface area contributed by atoms with Crippen molar-refractivity contribution in [3.05, 3.63) is 52.6 Å². The molecule has 2 heterocycles. The average Bonchev–Trinajstić information content (AvgIpc) is 3.07. The molecule has 1 aromatic heterocycles. The number of anilines is 1. The molecule has 0 saturated carbocycles. The van der Waals surface area contributed by atoms with Gasteiger partial charge >= 0.3 is 0 Å². The summed E-state index contributed by atoms with van der Waals surface area (Å²) in [6, 6.07) is 6.91. The van der Waals surface area contributed by atoms with Crippen LogP contribution in [0, 0.1) is 5.82 Å². The van der Waals surface area contributed by atoms with Crippen molar-refractivity contribution >= 4 is 23.1 Å². The Hall–Kier alpha value is -1.85. The van der Waals surface area contributed by atoms with Gasteiger partial charge in [0.05, 0.1) is 5.02 Å². The van der Waals surface area contributed by atoms with E-state index in [1.54, 1.807) is 12.1 Å². The number of halogens is 2. The van der Waals surface area contributed by atoms with Gasteiger partial charge < -0.3 is 9.47 Å². The number of benzene rings is 1. The Morgan fingerprint density at radius 1 is 1.04 bits per heavy atom. The molecule has 0 bridgehead atoms. The zero-order valence-electron chi connectivity index (χ0n) is 14.8. The molecule has 0 atom stereocenters. The van der Waals surface area contributed by atoms with E-state index in [4.69, 9.17) is 11.6 Å². The van der Waals surface area contributed by atoms with Gasteiger partial charge in [0.1, 0.15) is 5.82 Å². The molecule has 0 N–H and O–H groups in total. The number of hydrogen-bond acceptors (Lipinski definition) is 3. The van der Waals surface area contributed by atoms with Crippen molar-refractivity contribution in [2.45, 2.75) is 25.8 Å². The van der Waals surface area contributed by atoms with Gasteiger partial charge in [0.25, 0.3) is 0 Å². The molecule has 4 rings (SSSR count). The summed E-state index contributed by atoms with van der Waals surface area (Å²) in [6.07, 6.45) is 4.72. The van der Waals surface area contributed by atoms with Crippen LogP contribution < -0.4 is 4.90 Å². The maximum Gasteiger partial charge on any atom is 0.164 e. The van der Waals surface area contributed by atoms with E-state index in [2.05, 4.69) is 20.6 Å². The highest BCUT2D eigenvalue weighted by Crippen LogP contribution is 2.24. The van der Waals surface area contributed by atoms with Crippen molar-refractivity contribution in [1.29, 1.82) is 0 Å². The quantitative estimate of drug-likeness (QED) is 0.817. The number of nitrogens with zero attached hydrogens (tertiary/aromatic N) is 3. The van der Waals surface area contributed by atoms with Gasteiger partial charge in [-0.25, -0.2) is 4.39 Å². The third-order valence-electron chi connectivity index (χ3n) is 5.49. The molecule has 0 spiro atoms. The van der Waals surface area contributed by atoms with Crippen molar-refractivity contribution < 1.29 is 9.18 Å². The highest BCUT2D eigenvalue weighted by Gasteiger charge is 2.22. The van der Waals surface area contributed by atoms with Crippen LogP contribution in [-0.4, -0.2) is 48.0 Å². The topological polar surface area (TPSA) is 28.5 Å². The highest BCUT2D eigenvalue weighted by atomic mass is 35.5. The highest BCUT2D eigenvalue weighted by molar-refractivity contribution is 6.31. The first kappa shape index (κ1) is 17.6. The molecule has 2 aliphatic rings. The zero-order chi connectivity index (χ0) is 18.1. The lowest BCUT2D eigenvalue weighted by molar-refractivity contribution is 0.0971. The number of hydrogen-bond donors (Lipinski definition) is 0. The number of rotatable bonds is 4. The van der Waals surface area contributed by atoms with Crippen molar-refractivity contribution in [2.75, 3.05) is 37.6 Å². The second kappa shape index (κ2) is 7.41. The molecule has 1 saturated heterocycles. The van der Waals surface area contributed by atoms with Crippen molar-refractivity contribution in [3.8, 4) is 0 Å². The largest absolute Gasteiger partial charge is 0.369 e. The Kier molecular flexibility index (Phi) is 5.00. The smallest absolute Gasteiger partial charge is 0.164 e. The number of ketones is 1. The van der Waals surface area contributed by atoms with Crippen LogP contribution in [0.25, 0.3) is 0 Å². The molecular weight excluding hydrogens is 353 g/mol. The van der Waals surface area contributed by atoms with Gasteiger partial charge in [-0.2, -0.15) is 0 Å². The number of carbonyl (C=O) groups excluding carboxylic acids is 1. The molecule has 1 aliphatic heterocycles. The van der Waals surface area contributed by atoms with Crippen LogP contribution in [0.1, 0.15) is 28.9 Å². The minimum atomic E-state index is -0.373. The third-order valence-corrected chi connectivity index (χ3v) is 5.78. The van der Waals surface area contributed by atoms with E-state index in [0.717, 1.165) is 63.4 Å². The van der Waals surface area contributed by atoms with Gasteiger partial charge in [-0.15, -0.1) is 0 Å². The van der Waals surface area contributed by atoms with Crippen molar-refractivity contribution in [1.82, 2.24) is 9.47 Å². The number of aromatic nitrogens is 1. The Bertz CT molecular complexity index is 811. The normalized spacial score (nSPS) is 18.2. The lowest BCUT2D eigenvalue weighted by Gasteiger charge is -2.36. The Morgan fingerprint density at radius 2 is 1.85 bits per heavy atom. The van der Waals surface area contributed by atoms with Crippen LogP contribution in [0.2, 0.25) is 5.02 Å². The van der Waals surface area contributed by atoms with Crippen LogP contribution in [0.5, 0.6) is 0 Å². The van der Waals surface area contributed by atoms with E-state index < -0.39 is 0 Å². The first-order chi connectivity index (χ1) is 12.6. The van der Waals surface area contributed by atoms with Gasteiger partial charge in [0.15, 0.2) is 5.78 Å². The van der Waals surface area contributed by atoms with Gasteiger partial charge in [0, 0.05) is 68.8 Å². The Labute approximate surface area is 158 Å². The van der Waals surface area contributed by atoms with E-state index >= 15 is 0 Å². The predicted octanol–water partition coefficient (Wildman–Crippen LogP) is 3.62. The maximum atomic E-state index is 13.3. The molecule has 4 nitrogen and oxygen atoms in total. The second-order valence-corrected chi connectivity index (χ2v) is 7.48. The monoisotopic (exact) mass is 375 g/mol. The summed E-state index contributed by atoms with van der Waals surface area (Å²) < 4.78 is 15.6. The molecule has 26 heavy (non-hydrogen) atoms. The zero-order valence-corrected chi connectivity index (χ0v) is 15.5. The molecule has 1 aromatic carbocycles. The fourth-order valence-corrected chi connectivity index (χ4v) is 4.13. The van der Waals surface area contributed by atoms with Crippen LogP contribution in [-0.2, 0) is 13.0 Å². The fraction of sp³-hybridized carbons (Fsp3) is 0.450. The lowest BCUT2D eigenvalue weighted by Crippen LogP contribution is -2.47. The van der Waals surface area contributed by atoms with Gasteiger partial charge in [-0.1, -0.05) is 11.6 Å². The molecule has 2 aromatic rings. The van der Waals surface area contributed by atoms with E-state index in [0.29, 0.717) is 6.42 Å². The average molecular weight is 376 g/mol. The molecule has 6 heteroatoms. The molecular formula is C20H23ClFN3O. The molecule has 0 unspecified atom stereocenters. The van der Waals surface area contributed by atoms with Crippen LogP contribution in [0.15, 0.2) is 30.5 Å². The maximum absolute atomic E-state index is 13.3. The minimum Gasteiger partial charge on any atom is -0.369 e. The molecule has 138 valence electrons. The first-order valence-electron chi connectivity index (χ1n) is 9.25. The molecule has 0 amide bonds. The third kappa shape index (κ3) is 3.51. The number of carbonyl (C=O) groups is 1. The van der Waals surface area contributed by atoms with Crippen LogP contribution in [0.3, 0.4) is 0 Å². The fourth-order valence-electron chi connectivity index (χ4n) is 3.96. The van der Waals surface area contributed by atoms with Gasteiger partial charge in [-0.3, -0.25) is 9.69 Å². The predicted molar refractivity (Wildman–Crippen MR) is 102 cm³/mol. The summed E-state index contributed by atoms with van der Waals surface area (Å²) in [7, 11) is 0. The van der Waals surface area contributed by atoms with Crippen molar-refractivity contribution in [2.24, 2.45) is 0 Å². The van der Waals surface area contributed by atoms with Crippen molar-refractivity contribution in [3.63, 3.8) is 0 Å². The first-order valence-corrected chi connectivity index (χ1v) is 9.63. The van der Waals surface area contributed by atoms with Gasteiger partial charge in [-0.05, 0) is 37.1 Å².